The number of nitro benzene ring substituents is 1. The van der Waals surface area contributed by atoms with Gasteiger partial charge < -0.3 is 14.7 Å². The van der Waals surface area contributed by atoms with Gasteiger partial charge in [0.15, 0.2) is 0 Å². The molecule has 0 bridgehead atoms. The second-order valence-corrected chi connectivity index (χ2v) is 8.41. The molecule has 0 radical (unpaired) electrons. The first-order chi connectivity index (χ1) is 15.5. The van der Waals surface area contributed by atoms with E-state index in [2.05, 4.69) is 32.2 Å². The van der Waals surface area contributed by atoms with Crippen LogP contribution >= 0.6 is 0 Å². The summed E-state index contributed by atoms with van der Waals surface area (Å²) in [6.07, 6.45) is 0.812. The minimum absolute atomic E-state index is 0.0259. The van der Waals surface area contributed by atoms with Crippen LogP contribution in [0.4, 0.5) is 17.1 Å². The summed E-state index contributed by atoms with van der Waals surface area (Å²) in [5, 5.41) is 19.2. The van der Waals surface area contributed by atoms with Crippen molar-refractivity contribution in [3.63, 3.8) is 0 Å². The van der Waals surface area contributed by atoms with Crippen LogP contribution in [-0.4, -0.2) is 52.7 Å². The van der Waals surface area contributed by atoms with Crippen molar-refractivity contribution < 1.29 is 9.45 Å². The maximum Gasteiger partial charge on any atom is 0.292 e. The van der Waals surface area contributed by atoms with Crippen molar-refractivity contribution >= 4 is 17.1 Å². The lowest BCUT2D eigenvalue weighted by molar-refractivity contribution is -0.384. The summed E-state index contributed by atoms with van der Waals surface area (Å²) in [5.41, 5.74) is 5.14. The normalized spacial score (nSPS) is 17.1. The number of benzene rings is 2. The maximum atomic E-state index is 11.7. The van der Waals surface area contributed by atoms with Crippen LogP contribution in [0.25, 0.3) is 11.4 Å². The van der Waals surface area contributed by atoms with Crippen molar-refractivity contribution in [3.05, 3.63) is 63.5 Å². The van der Waals surface area contributed by atoms with E-state index in [1.807, 2.05) is 37.3 Å². The van der Waals surface area contributed by atoms with Crippen LogP contribution in [0.3, 0.4) is 0 Å². The van der Waals surface area contributed by atoms with Gasteiger partial charge in [-0.3, -0.25) is 15.0 Å². The molecule has 32 heavy (non-hydrogen) atoms. The first-order valence-electron chi connectivity index (χ1n) is 10.9. The smallest absolute Gasteiger partial charge is 0.292 e. The molecule has 0 aliphatic carbocycles. The van der Waals surface area contributed by atoms with Crippen molar-refractivity contribution in [1.29, 1.82) is 0 Å². The first kappa shape index (κ1) is 20.4. The van der Waals surface area contributed by atoms with Crippen LogP contribution in [0.5, 0.6) is 0 Å². The maximum absolute atomic E-state index is 11.7. The van der Waals surface area contributed by atoms with Gasteiger partial charge in [-0.2, -0.15) is 4.98 Å². The van der Waals surface area contributed by atoms with Crippen molar-refractivity contribution in [2.75, 3.05) is 42.9 Å². The Bertz CT molecular complexity index is 1140. The van der Waals surface area contributed by atoms with Crippen LogP contribution < -0.4 is 10.2 Å². The highest BCUT2D eigenvalue weighted by molar-refractivity contribution is 5.78. The minimum atomic E-state index is -0.270. The summed E-state index contributed by atoms with van der Waals surface area (Å²) in [4.78, 5) is 20.5. The standard InChI is InChI=1S/C23H26N6O3/c1-15-3-5-17(6-4-15)22-25-23(32-26-22)16(2)27-11-13-28(14-12-27)21-18-9-10-24-19(18)7-8-20(21)29(30)31/h3-8,16,24H,9-14H2,1-2H3. The van der Waals surface area contributed by atoms with E-state index in [4.69, 9.17) is 4.52 Å². The Labute approximate surface area is 186 Å². The molecule has 1 fully saturated rings. The largest absolute Gasteiger partial charge is 0.384 e. The monoisotopic (exact) mass is 434 g/mol. The molecule has 5 rings (SSSR count). The zero-order valence-corrected chi connectivity index (χ0v) is 18.2. The summed E-state index contributed by atoms with van der Waals surface area (Å²) >= 11 is 0. The summed E-state index contributed by atoms with van der Waals surface area (Å²) in [6.45, 7) is 7.87. The summed E-state index contributed by atoms with van der Waals surface area (Å²) in [5.74, 6) is 1.18. The number of fused-ring (bicyclic) bond motifs is 1. The quantitative estimate of drug-likeness (QED) is 0.478. The molecule has 2 aliphatic rings. The number of anilines is 2. The lowest BCUT2D eigenvalue weighted by Crippen LogP contribution is -2.47. The molecule has 1 saturated heterocycles. The number of hydrogen-bond donors (Lipinski definition) is 1. The third kappa shape index (κ3) is 3.69. The van der Waals surface area contributed by atoms with E-state index in [9.17, 15) is 10.1 Å². The second kappa shape index (κ2) is 8.23. The predicted molar refractivity (Wildman–Crippen MR) is 122 cm³/mol. The third-order valence-corrected chi connectivity index (χ3v) is 6.44. The fraction of sp³-hybridized carbons (Fsp3) is 0.391. The zero-order chi connectivity index (χ0) is 22.2. The molecule has 2 aliphatic heterocycles. The van der Waals surface area contributed by atoms with Crippen molar-refractivity contribution in [2.45, 2.75) is 26.3 Å². The Morgan fingerprint density at radius 2 is 1.88 bits per heavy atom. The number of aryl methyl sites for hydroxylation is 1. The zero-order valence-electron chi connectivity index (χ0n) is 18.2. The van der Waals surface area contributed by atoms with Crippen molar-refractivity contribution in [2.24, 2.45) is 0 Å². The van der Waals surface area contributed by atoms with Gasteiger partial charge in [0.05, 0.1) is 11.0 Å². The number of piperazine rings is 1. The van der Waals surface area contributed by atoms with Crippen molar-refractivity contribution in [1.82, 2.24) is 15.0 Å². The molecule has 1 unspecified atom stereocenters. The van der Waals surface area contributed by atoms with E-state index in [1.54, 1.807) is 6.07 Å². The van der Waals surface area contributed by atoms with E-state index >= 15 is 0 Å². The third-order valence-electron chi connectivity index (χ3n) is 6.44. The minimum Gasteiger partial charge on any atom is -0.384 e. The number of hydrogen-bond acceptors (Lipinski definition) is 8. The molecule has 1 atom stereocenters. The Balaban J connectivity index is 1.30. The van der Waals surface area contributed by atoms with E-state index in [-0.39, 0.29) is 16.7 Å². The number of nitro groups is 1. The van der Waals surface area contributed by atoms with Gasteiger partial charge in [0.1, 0.15) is 5.69 Å². The number of nitrogens with one attached hydrogen (secondary N) is 1. The highest BCUT2D eigenvalue weighted by atomic mass is 16.6. The molecule has 3 heterocycles. The molecule has 2 aromatic carbocycles. The predicted octanol–water partition coefficient (Wildman–Crippen LogP) is 3.80. The van der Waals surface area contributed by atoms with Crippen LogP contribution in [0.15, 0.2) is 40.9 Å². The second-order valence-electron chi connectivity index (χ2n) is 8.41. The van der Waals surface area contributed by atoms with Crippen molar-refractivity contribution in [3.8, 4) is 11.4 Å². The van der Waals surface area contributed by atoms with Gasteiger partial charge in [0.25, 0.3) is 5.69 Å². The number of nitrogens with zero attached hydrogens (tertiary/aromatic N) is 5. The average Bonchev–Trinajstić information content (AvgIpc) is 3.48. The molecular weight excluding hydrogens is 408 g/mol. The fourth-order valence-corrected chi connectivity index (χ4v) is 4.58. The molecule has 9 nitrogen and oxygen atoms in total. The molecule has 1 N–H and O–H groups in total. The Hall–Kier alpha value is -3.46. The van der Waals surface area contributed by atoms with Gasteiger partial charge in [-0.15, -0.1) is 0 Å². The van der Waals surface area contributed by atoms with Crippen LogP contribution in [0.1, 0.15) is 30.0 Å². The molecule has 0 amide bonds. The Morgan fingerprint density at radius 1 is 1.12 bits per heavy atom. The molecule has 3 aromatic rings. The average molecular weight is 435 g/mol. The molecule has 0 spiro atoms. The number of rotatable bonds is 5. The van der Waals surface area contributed by atoms with Gasteiger partial charge >= 0.3 is 0 Å². The van der Waals surface area contributed by atoms with Crippen LogP contribution in [0.2, 0.25) is 0 Å². The molecular formula is C23H26N6O3. The van der Waals surface area contributed by atoms with E-state index in [0.29, 0.717) is 24.8 Å². The SMILES string of the molecule is Cc1ccc(-c2noc(C(C)N3CCN(c4c([N+](=O)[O-])ccc5c4CCN5)CC3)n2)cc1. The van der Waals surface area contributed by atoms with Gasteiger partial charge in [-0.25, -0.2) is 0 Å². The summed E-state index contributed by atoms with van der Waals surface area (Å²) < 4.78 is 5.57. The van der Waals surface area contributed by atoms with E-state index < -0.39 is 0 Å². The fourth-order valence-electron chi connectivity index (χ4n) is 4.58. The van der Waals surface area contributed by atoms with E-state index in [0.717, 1.165) is 48.6 Å². The van der Waals surface area contributed by atoms with E-state index in [1.165, 1.54) is 5.56 Å². The number of aromatic nitrogens is 2. The lowest BCUT2D eigenvalue weighted by atomic mass is 10.1. The molecule has 1 aromatic heterocycles. The summed E-state index contributed by atoms with van der Waals surface area (Å²) in [6, 6.07) is 11.5. The Kier molecular flexibility index (Phi) is 5.26. The van der Waals surface area contributed by atoms with Crippen LogP contribution in [-0.2, 0) is 6.42 Å². The highest BCUT2D eigenvalue weighted by Gasteiger charge is 2.32. The molecule has 0 saturated carbocycles. The van der Waals surface area contributed by atoms with Gasteiger partial charge in [0.2, 0.25) is 11.7 Å². The van der Waals surface area contributed by atoms with Gasteiger partial charge in [0, 0.05) is 55.6 Å². The summed E-state index contributed by atoms with van der Waals surface area (Å²) in [7, 11) is 0. The highest BCUT2D eigenvalue weighted by Crippen LogP contribution is 2.40. The Morgan fingerprint density at radius 3 is 2.59 bits per heavy atom. The molecule has 166 valence electrons. The first-order valence-corrected chi connectivity index (χ1v) is 10.9. The van der Waals surface area contributed by atoms with Gasteiger partial charge in [-0.05, 0) is 26.3 Å². The molecule has 9 heteroatoms. The topological polar surface area (TPSA) is 101 Å². The van der Waals surface area contributed by atoms with Gasteiger partial charge in [-0.1, -0.05) is 35.0 Å². The van der Waals surface area contributed by atoms with Crippen LogP contribution in [0, 0.1) is 17.0 Å². The lowest BCUT2D eigenvalue weighted by Gasteiger charge is -2.38.